The summed E-state index contributed by atoms with van der Waals surface area (Å²) in [6.45, 7) is 2.47. The van der Waals surface area contributed by atoms with Crippen LogP contribution in [0.2, 0.25) is 0 Å². The van der Waals surface area contributed by atoms with Crippen LogP contribution in [0.1, 0.15) is 11.1 Å². The van der Waals surface area contributed by atoms with Gasteiger partial charge in [0.15, 0.2) is 0 Å². The molecule has 2 aromatic rings. The Balaban J connectivity index is 2.20. The van der Waals surface area contributed by atoms with E-state index in [1.165, 1.54) is 6.07 Å². The van der Waals surface area contributed by atoms with Gasteiger partial charge in [0.2, 0.25) is 10.0 Å². The molecule has 1 heterocycles. The summed E-state index contributed by atoms with van der Waals surface area (Å²) in [4.78, 5) is 0.104. The number of hydrogen-bond acceptors (Lipinski definition) is 4. The van der Waals surface area contributed by atoms with Crippen molar-refractivity contribution in [3.05, 3.63) is 41.7 Å². The second-order valence-corrected chi connectivity index (χ2v) is 5.96. The lowest BCUT2D eigenvalue weighted by molar-refractivity contribution is 0.598. The Bertz CT molecular complexity index is 692. The molecule has 1 aromatic heterocycles. The maximum atomic E-state index is 11.3. The molecule has 0 saturated heterocycles. The van der Waals surface area contributed by atoms with Crippen molar-refractivity contribution >= 4 is 15.7 Å². The smallest absolute Gasteiger partial charge is 0.238 e. The zero-order valence-corrected chi connectivity index (χ0v) is 11.6. The first kappa shape index (κ1) is 13.6. The largest absolute Gasteiger partial charge is 0.381 e. The lowest BCUT2D eigenvalue weighted by atomic mass is 10.2. The Morgan fingerprint density at radius 3 is 2.74 bits per heavy atom. The van der Waals surface area contributed by atoms with Crippen LogP contribution in [0.5, 0.6) is 0 Å². The highest BCUT2D eigenvalue weighted by atomic mass is 32.2. The number of sulfonamides is 1. The average Bonchev–Trinajstić information content (AvgIpc) is 2.72. The van der Waals surface area contributed by atoms with Gasteiger partial charge < -0.3 is 5.32 Å². The summed E-state index contributed by atoms with van der Waals surface area (Å²) in [5.74, 6) is 0. The van der Waals surface area contributed by atoms with Crippen LogP contribution in [-0.4, -0.2) is 18.2 Å². The van der Waals surface area contributed by atoms with Crippen molar-refractivity contribution in [2.45, 2.75) is 18.4 Å². The molecular formula is C12H16N4O2S. The summed E-state index contributed by atoms with van der Waals surface area (Å²) in [7, 11) is -1.83. The van der Waals surface area contributed by atoms with Crippen molar-refractivity contribution in [2.75, 3.05) is 5.32 Å². The number of nitrogens with zero attached hydrogens (tertiary/aromatic N) is 2. The Kier molecular flexibility index (Phi) is 3.59. The summed E-state index contributed by atoms with van der Waals surface area (Å²) in [6, 6.07) is 4.77. The molecule has 1 aromatic carbocycles. The molecule has 0 saturated carbocycles. The van der Waals surface area contributed by atoms with Gasteiger partial charge in [0, 0.05) is 31.0 Å². The van der Waals surface area contributed by atoms with Gasteiger partial charge in [-0.1, -0.05) is 6.07 Å². The molecule has 0 aliphatic rings. The Morgan fingerprint density at radius 1 is 1.42 bits per heavy atom. The molecule has 0 aliphatic carbocycles. The number of primary sulfonamides is 1. The van der Waals surface area contributed by atoms with Crippen molar-refractivity contribution in [1.29, 1.82) is 0 Å². The van der Waals surface area contributed by atoms with Crippen LogP contribution in [0.15, 0.2) is 35.5 Å². The molecule has 0 fully saturated rings. The van der Waals surface area contributed by atoms with Gasteiger partial charge in [0.05, 0.1) is 11.1 Å². The third kappa shape index (κ3) is 3.33. The van der Waals surface area contributed by atoms with E-state index in [1.807, 2.05) is 20.2 Å². The van der Waals surface area contributed by atoms with E-state index in [0.717, 1.165) is 16.8 Å². The molecular weight excluding hydrogens is 264 g/mol. The Morgan fingerprint density at radius 2 is 2.16 bits per heavy atom. The number of aromatic nitrogens is 2. The number of hydrogen-bond donors (Lipinski definition) is 2. The highest BCUT2D eigenvalue weighted by Gasteiger charge is 2.09. The van der Waals surface area contributed by atoms with Crippen LogP contribution in [0.3, 0.4) is 0 Å². The van der Waals surface area contributed by atoms with E-state index in [0.29, 0.717) is 6.54 Å². The molecule has 6 nitrogen and oxygen atoms in total. The Labute approximate surface area is 112 Å². The predicted octanol–water partition coefficient (Wildman–Crippen LogP) is 0.988. The van der Waals surface area contributed by atoms with E-state index >= 15 is 0 Å². The van der Waals surface area contributed by atoms with Gasteiger partial charge in [-0.3, -0.25) is 4.68 Å². The first-order valence-corrected chi connectivity index (χ1v) is 7.26. The minimum absolute atomic E-state index is 0.104. The first-order chi connectivity index (χ1) is 8.86. The van der Waals surface area contributed by atoms with Crippen molar-refractivity contribution in [1.82, 2.24) is 9.78 Å². The summed E-state index contributed by atoms with van der Waals surface area (Å²) in [5.41, 5.74) is 2.72. The third-order valence-corrected chi connectivity index (χ3v) is 3.69. The zero-order chi connectivity index (χ0) is 14.0. The highest BCUT2D eigenvalue weighted by molar-refractivity contribution is 7.89. The van der Waals surface area contributed by atoms with E-state index in [1.54, 1.807) is 23.0 Å². The number of benzene rings is 1. The SMILES string of the molecule is Cc1ccc(S(N)(=O)=O)cc1NCc1cnn(C)c1. The lowest BCUT2D eigenvalue weighted by Gasteiger charge is -2.10. The topological polar surface area (TPSA) is 90.0 Å². The van der Waals surface area contributed by atoms with E-state index in [-0.39, 0.29) is 4.90 Å². The van der Waals surface area contributed by atoms with Gasteiger partial charge in [-0.2, -0.15) is 5.10 Å². The average molecular weight is 280 g/mol. The molecule has 0 amide bonds. The second kappa shape index (κ2) is 5.02. The van der Waals surface area contributed by atoms with Gasteiger partial charge in [-0.05, 0) is 24.6 Å². The van der Waals surface area contributed by atoms with Crippen LogP contribution in [-0.2, 0) is 23.6 Å². The number of aryl methyl sites for hydroxylation is 2. The number of anilines is 1. The van der Waals surface area contributed by atoms with Crippen molar-refractivity contribution < 1.29 is 8.42 Å². The Hall–Kier alpha value is -1.86. The van der Waals surface area contributed by atoms with Crippen LogP contribution in [0.25, 0.3) is 0 Å². The molecule has 0 atom stereocenters. The standard InChI is InChI=1S/C12H16N4O2S/c1-9-3-4-11(19(13,17)18)5-12(9)14-6-10-7-15-16(2)8-10/h3-5,7-8,14H,6H2,1-2H3,(H2,13,17,18). The second-order valence-electron chi connectivity index (χ2n) is 4.40. The minimum atomic E-state index is -3.68. The minimum Gasteiger partial charge on any atom is -0.381 e. The maximum absolute atomic E-state index is 11.3. The van der Waals surface area contributed by atoms with Gasteiger partial charge in [-0.25, -0.2) is 13.6 Å². The predicted molar refractivity (Wildman–Crippen MR) is 73.1 cm³/mol. The summed E-state index contributed by atoms with van der Waals surface area (Å²) in [5, 5.41) is 12.4. The third-order valence-electron chi connectivity index (χ3n) is 2.78. The fraction of sp³-hybridized carbons (Fsp3) is 0.250. The van der Waals surface area contributed by atoms with Crippen LogP contribution in [0, 0.1) is 6.92 Å². The first-order valence-electron chi connectivity index (χ1n) is 5.71. The molecule has 0 unspecified atom stereocenters. The van der Waals surface area contributed by atoms with E-state index in [9.17, 15) is 8.42 Å². The van der Waals surface area contributed by atoms with Crippen LogP contribution >= 0.6 is 0 Å². The summed E-state index contributed by atoms with van der Waals surface area (Å²) in [6.07, 6.45) is 3.65. The van der Waals surface area contributed by atoms with E-state index in [2.05, 4.69) is 10.4 Å². The lowest BCUT2D eigenvalue weighted by Crippen LogP contribution is -2.12. The number of nitrogens with two attached hydrogens (primary N) is 1. The van der Waals surface area contributed by atoms with Crippen molar-refractivity contribution in [3.63, 3.8) is 0 Å². The van der Waals surface area contributed by atoms with Crippen molar-refractivity contribution in [3.8, 4) is 0 Å². The molecule has 0 radical (unpaired) electrons. The van der Waals surface area contributed by atoms with Crippen molar-refractivity contribution in [2.24, 2.45) is 12.2 Å². The molecule has 0 spiro atoms. The van der Waals surface area contributed by atoms with Gasteiger partial charge >= 0.3 is 0 Å². The van der Waals surface area contributed by atoms with Crippen LogP contribution < -0.4 is 10.5 Å². The van der Waals surface area contributed by atoms with E-state index in [4.69, 9.17) is 5.14 Å². The fourth-order valence-electron chi connectivity index (χ4n) is 1.73. The molecule has 0 aliphatic heterocycles. The number of nitrogens with one attached hydrogen (secondary N) is 1. The normalized spacial score (nSPS) is 11.5. The van der Waals surface area contributed by atoms with E-state index < -0.39 is 10.0 Å². The van der Waals surface area contributed by atoms with Gasteiger partial charge in [-0.15, -0.1) is 0 Å². The molecule has 7 heteroatoms. The molecule has 3 N–H and O–H groups in total. The summed E-state index contributed by atoms with van der Waals surface area (Å²) >= 11 is 0. The maximum Gasteiger partial charge on any atom is 0.238 e. The molecule has 2 rings (SSSR count). The molecule has 102 valence electrons. The molecule has 0 bridgehead atoms. The zero-order valence-electron chi connectivity index (χ0n) is 10.8. The molecule has 19 heavy (non-hydrogen) atoms. The van der Waals surface area contributed by atoms with Crippen LogP contribution in [0.4, 0.5) is 5.69 Å². The monoisotopic (exact) mass is 280 g/mol. The summed E-state index contributed by atoms with van der Waals surface area (Å²) < 4.78 is 24.3. The van der Waals surface area contributed by atoms with Gasteiger partial charge in [0.25, 0.3) is 0 Å². The quantitative estimate of drug-likeness (QED) is 0.873. The highest BCUT2D eigenvalue weighted by Crippen LogP contribution is 2.20. The van der Waals surface area contributed by atoms with Gasteiger partial charge in [0.1, 0.15) is 0 Å². The fourth-order valence-corrected chi connectivity index (χ4v) is 2.27. The number of rotatable bonds is 4.